The van der Waals surface area contributed by atoms with Crippen LogP contribution in [0.25, 0.3) is 0 Å². The van der Waals surface area contributed by atoms with Gasteiger partial charge >= 0.3 is 11.8 Å². The van der Waals surface area contributed by atoms with Crippen LogP contribution in [0.3, 0.4) is 0 Å². The number of nitrogens with one attached hydrogen (secondary N) is 2. The van der Waals surface area contributed by atoms with Crippen LogP contribution in [0.4, 0.5) is 14.5 Å². The lowest BCUT2D eigenvalue weighted by Gasteiger charge is -2.09. The minimum Gasteiger partial charge on any atom is -0.392 e. The van der Waals surface area contributed by atoms with Gasteiger partial charge in [0.1, 0.15) is 11.6 Å². The van der Waals surface area contributed by atoms with Crippen molar-refractivity contribution in [1.82, 2.24) is 5.32 Å². The number of hydrogen-bond acceptors (Lipinski definition) is 3. The highest BCUT2D eigenvalue weighted by Gasteiger charge is 2.16. The number of hydrogen-bond donors (Lipinski definition) is 3. The van der Waals surface area contributed by atoms with Gasteiger partial charge in [0.2, 0.25) is 0 Å². The molecule has 0 heterocycles. The molecule has 0 fully saturated rings. The van der Waals surface area contributed by atoms with Gasteiger partial charge in [0, 0.05) is 12.6 Å². The average molecular weight is 320 g/mol. The van der Waals surface area contributed by atoms with Crippen molar-refractivity contribution < 1.29 is 23.5 Å². The van der Waals surface area contributed by atoms with Crippen LogP contribution < -0.4 is 10.6 Å². The molecule has 0 bridgehead atoms. The Morgan fingerprint density at radius 1 is 1.00 bits per heavy atom. The van der Waals surface area contributed by atoms with E-state index in [4.69, 9.17) is 0 Å². The minimum atomic E-state index is -1.11. The molecular formula is C16H14F2N2O3. The minimum absolute atomic E-state index is 0.0224. The third kappa shape index (κ3) is 4.33. The number of anilines is 1. The molecule has 2 aromatic carbocycles. The Balaban J connectivity index is 1.98. The van der Waals surface area contributed by atoms with Crippen molar-refractivity contribution in [3.63, 3.8) is 0 Å². The summed E-state index contributed by atoms with van der Waals surface area (Å²) in [5, 5.41) is 13.5. The molecule has 0 atom stereocenters. The van der Waals surface area contributed by atoms with Crippen LogP contribution in [-0.4, -0.2) is 16.9 Å². The van der Waals surface area contributed by atoms with E-state index in [-0.39, 0.29) is 13.2 Å². The van der Waals surface area contributed by atoms with Gasteiger partial charge < -0.3 is 15.7 Å². The first-order chi connectivity index (χ1) is 11.0. The van der Waals surface area contributed by atoms with Crippen LogP contribution >= 0.6 is 0 Å². The summed E-state index contributed by atoms with van der Waals surface area (Å²) in [5.41, 5.74) is 0.846. The monoisotopic (exact) mass is 320 g/mol. The maximum Gasteiger partial charge on any atom is 0.313 e. The van der Waals surface area contributed by atoms with Gasteiger partial charge in [-0.25, -0.2) is 8.78 Å². The largest absolute Gasteiger partial charge is 0.392 e. The number of benzene rings is 2. The van der Waals surface area contributed by atoms with E-state index in [9.17, 15) is 23.5 Å². The Kier molecular flexibility index (Phi) is 5.37. The van der Waals surface area contributed by atoms with Crippen molar-refractivity contribution in [2.24, 2.45) is 0 Å². The van der Waals surface area contributed by atoms with Gasteiger partial charge in [-0.05, 0) is 23.3 Å². The zero-order valence-electron chi connectivity index (χ0n) is 12.0. The number of halogens is 2. The maximum atomic E-state index is 13.4. The van der Waals surface area contributed by atoms with Crippen molar-refractivity contribution in [2.75, 3.05) is 5.32 Å². The predicted octanol–water partition coefficient (Wildman–Crippen LogP) is 1.71. The fourth-order valence-corrected chi connectivity index (χ4v) is 1.91. The summed E-state index contributed by atoms with van der Waals surface area (Å²) in [4.78, 5) is 23.4. The van der Waals surface area contributed by atoms with Gasteiger partial charge in [0.25, 0.3) is 0 Å². The summed E-state index contributed by atoms with van der Waals surface area (Å²) in [6.07, 6.45) is 0. The fourth-order valence-electron chi connectivity index (χ4n) is 1.91. The Morgan fingerprint density at radius 3 is 2.39 bits per heavy atom. The first kappa shape index (κ1) is 16.6. The van der Waals surface area contributed by atoms with Crippen molar-refractivity contribution in [3.05, 3.63) is 65.2 Å². The summed E-state index contributed by atoms with van der Waals surface area (Å²) < 4.78 is 26.4. The smallest absolute Gasteiger partial charge is 0.313 e. The summed E-state index contributed by atoms with van der Waals surface area (Å²) in [7, 11) is 0. The second-order valence-corrected chi connectivity index (χ2v) is 4.69. The number of rotatable bonds is 4. The summed E-state index contributed by atoms with van der Waals surface area (Å²) in [6.45, 7) is -0.179. The first-order valence-electron chi connectivity index (χ1n) is 6.73. The van der Waals surface area contributed by atoms with Crippen molar-refractivity contribution in [3.8, 4) is 0 Å². The highest BCUT2D eigenvalue weighted by Crippen LogP contribution is 2.15. The quantitative estimate of drug-likeness (QED) is 0.751. The van der Waals surface area contributed by atoms with E-state index in [0.29, 0.717) is 11.1 Å². The zero-order chi connectivity index (χ0) is 16.8. The molecule has 23 heavy (non-hydrogen) atoms. The van der Waals surface area contributed by atoms with Crippen molar-refractivity contribution >= 4 is 17.5 Å². The van der Waals surface area contributed by atoms with E-state index in [2.05, 4.69) is 5.32 Å². The molecule has 0 aliphatic rings. The van der Waals surface area contributed by atoms with Crippen LogP contribution in [-0.2, 0) is 22.7 Å². The molecule has 2 aromatic rings. The number of aliphatic hydroxyl groups excluding tert-OH is 1. The highest BCUT2D eigenvalue weighted by atomic mass is 19.1. The summed E-state index contributed by atoms with van der Waals surface area (Å²) in [5.74, 6) is -3.70. The summed E-state index contributed by atoms with van der Waals surface area (Å²) in [6, 6.07) is 9.36. The topological polar surface area (TPSA) is 78.4 Å². The Bertz CT molecular complexity index is 735. The number of carbonyl (C=O) groups excluding carboxylic acids is 2. The Labute approximate surface area is 130 Å². The third-order valence-electron chi connectivity index (χ3n) is 3.11. The van der Waals surface area contributed by atoms with Crippen molar-refractivity contribution in [1.29, 1.82) is 0 Å². The molecule has 0 aromatic heterocycles. The van der Waals surface area contributed by atoms with Crippen LogP contribution in [0.2, 0.25) is 0 Å². The molecule has 0 aliphatic heterocycles. The van der Waals surface area contributed by atoms with E-state index in [0.717, 1.165) is 18.2 Å². The maximum absolute atomic E-state index is 13.4. The summed E-state index contributed by atoms with van der Waals surface area (Å²) >= 11 is 0. The van der Waals surface area contributed by atoms with E-state index >= 15 is 0 Å². The fraction of sp³-hybridized carbons (Fsp3) is 0.125. The lowest BCUT2D eigenvalue weighted by atomic mass is 10.1. The molecule has 0 radical (unpaired) electrons. The van der Waals surface area contributed by atoms with E-state index in [1.165, 1.54) is 0 Å². The van der Waals surface area contributed by atoms with E-state index in [1.54, 1.807) is 24.3 Å². The van der Waals surface area contributed by atoms with Crippen LogP contribution in [0.5, 0.6) is 0 Å². The molecule has 5 nitrogen and oxygen atoms in total. The molecule has 0 unspecified atom stereocenters. The lowest BCUT2D eigenvalue weighted by molar-refractivity contribution is -0.136. The number of amides is 2. The second kappa shape index (κ2) is 7.46. The van der Waals surface area contributed by atoms with Gasteiger partial charge in [-0.15, -0.1) is 0 Å². The average Bonchev–Trinajstić information content (AvgIpc) is 2.56. The highest BCUT2D eigenvalue weighted by molar-refractivity contribution is 6.39. The van der Waals surface area contributed by atoms with Crippen molar-refractivity contribution in [2.45, 2.75) is 13.2 Å². The van der Waals surface area contributed by atoms with Crippen LogP contribution in [0.1, 0.15) is 11.1 Å². The molecule has 3 N–H and O–H groups in total. The van der Waals surface area contributed by atoms with Gasteiger partial charge in [-0.2, -0.15) is 0 Å². The number of carbonyl (C=O) groups is 2. The van der Waals surface area contributed by atoms with Crippen LogP contribution in [0, 0.1) is 11.6 Å². The van der Waals surface area contributed by atoms with Gasteiger partial charge in [-0.1, -0.05) is 24.3 Å². The molecule has 0 saturated heterocycles. The molecule has 2 rings (SSSR count). The standard InChI is InChI=1S/C16H14F2N2O3/c17-12-5-6-13(18)14(7-12)20-16(23)15(22)19-8-10-3-1-2-4-11(10)9-21/h1-7,21H,8-9H2,(H,19,22)(H,20,23). The number of aliphatic hydroxyl groups is 1. The van der Waals surface area contributed by atoms with Crippen LogP contribution in [0.15, 0.2) is 42.5 Å². The molecule has 120 valence electrons. The molecule has 0 saturated carbocycles. The second-order valence-electron chi connectivity index (χ2n) is 4.69. The van der Waals surface area contributed by atoms with Gasteiger partial charge in [0.15, 0.2) is 0 Å². The third-order valence-corrected chi connectivity index (χ3v) is 3.11. The molecule has 7 heteroatoms. The molecule has 0 spiro atoms. The molecular weight excluding hydrogens is 306 g/mol. The Hall–Kier alpha value is -2.80. The predicted molar refractivity (Wildman–Crippen MR) is 79.2 cm³/mol. The van der Waals surface area contributed by atoms with E-state index < -0.39 is 29.1 Å². The lowest BCUT2D eigenvalue weighted by Crippen LogP contribution is -2.35. The first-order valence-corrected chi connectivity index (χ1v) is 6.73. The van der Waals surface area contributed by atoms with Gasteiger partial charge in [0.05, 0.1) is 12.3 Å². The van der Waals surface area contributed by atoms with E-state index in [1.807, 2.05) is 5.32 Å². The zero-order valence-corrected chi connectivity index (χ0v) is 12.0. The SMILES string of the molecule is O=C(NCc1ccccc1CO)C(=O)Nc1cc(F)ccc1F. The molecule has 0 aliphatic carbocycles. The normalized spacial score (nSPS) is 10.2. The molecule has 2 amide bonds. The van der Waals surface area contributed by atoms with Gasteiger partial charge in [-0.3, -0.25) is 9.59 Å². The Morgan fingerprint density at radius 2 is 1.70 bits per heavy atom.